The molecule has 0 spiro atoms. The third kappa shape index (κ3) is 4.65. The zero-order valence-corrected chi connectivity index (χ0v) is 17.0. The maximum Gasteiger partial charge on any atom is 0.291 e. The molecule has 0 N–H and O–H groups in total. The molecule has 5 heteroatoms. The largest absolute Gasteiger partial charge is 0.457 e. The van der Waals surface area contributed by atoms with E-state index in [0.717, 1.165) is 29.1 Å². The molecule has 1 aliphatic heterocycles. The van der Waals surface area contributed by atoms with Crippen LogP contribution < -0.4 is 0 Å². The van der Waals surface area contributed by atoms with Crippen LogP contribution in [0.4, 0.5) is 4.79 Å². The van der Waals surface area contributed by atoms with E-state index in [1.54, 1.807) is 4.90 Å². The van der Waals surface area contributed by atoms with Crippen molar-refractivity contribution in [3.05, 3.63) is 53.1 Å². The topological polar surface area (TPSA) is 33.5 Å². The number of hydrogen-bond donors (Lipinski definition) is 0. The molecule has 0 radical (unpaired) electrons. The summed E-state index contributed by atoms with van der Waals surface area (Å²) in [5.74, 6) is 1.51. The van der Waals surface area contributed by atoms with Crippen molar-refractivity contribution < 1.29 is 9.21 Å². The van der Waals surface area contributed by atoms with Gasteiger partial charge in [0, 0.05) is 12.1 Å². The maximum absolute atomic E-state index is 12.3. The first kappa shape index (κ1) is 18.9. The smallest absolute Gasteiger partial charge is 0.291 e. The molecule has 26 heavy (non-hydrogen) atoms. The van der Waals surface area contributed by atoms with Gasteiger partial charge in [-0.1, -0.05) is 63.3 Å². The molecule has 3 nitrogen and oxygen atoms in total. The maximum atomic E-state index is 12.3. The number of furan rings is 1. The molecule has 0 aliphatic carbocycles. The van der Waals surface area contributed by atoms with Crippen LogP contribution in [0, 0.1) is 5.41 Å². The van der Waals surface area contributed by atoms with Crippen LogP contribution in [0.2, 0.25) is 0 Å². The summed E-state index contributed by atoms with van der Waals surface area (Å²) in [6.07, 6.45) is 3.87. The minimum atomic E-state index is 0.00463. The number of thioether (sulfide) groups is 1. The lowest BCUT2D eigenvalue weighted by Gasteiger charge is -2.20. The van der Waals surface area contributed by atoms with Gasteiger partial charge in [0.15, 0.2) is 0 Å². The van der Waals surface area contributed by atoms with Gasteiger partial charge in [0.2, 0.25) is 0 Å². The first-order valence-corrected chi connectivity index (χ1v) is 9.97. The summed E-state index contributed by atoms with van der Waals surface area (Å²) in [4.78, 5) is 15.4. The van der Waals surface area contributed by atoms with Gasteiger partial charge in [0.25, 0.3) is 5.24 Å². The minimum Gasteiger partial charge on any atom is -0.457 e. The van der Waals surface area contributed by atoms with Gasteiger partial charge in [0.05, 0.1) is 4.91 Å². The van der Waals surface area contributed by atoms with E-state index in [0.29, 0.717) is 17.3 Å². The zero-order valence-electron chi connectivity index (χ0n) is 15.3. The second-order valence-electron chi connectivity index (χ2n) is 7.57. The molecule has 1 amide bonds. The standard InChI is InChI=1S/C21H23NO2S2/c1-21(2,3)12-7-13-22-19(25)18(26-20(22)23)14-16-10-11-17(24-16)15-8-5-4-6-9-15/h4-6,8-11,14H,7,12-13H2,1-3H3. The molecule has 1 aromatic heterocycles. The van der Waals surface area contributed by atoms with E-state index in [4.69, 9.17) is 16.6 Å². The highest BCUT2D eigenvalue weighted by Crippen LogP contribution is 2.35. The number of carbonyl (C=O) groups is 1. The van der Waals surface area contributed by atoms with Gasteiger partial charge >= 0.3 is 0 Å². The summed E-state index contributed by atoms with van der Waals surface area (Å²) >= 11 is 6.71. The predicted octanol–water partition coefficient (Wildman–Crippen LogP) is 6.61. The Morgan fingerprint density at radius 3 is 2.58 bits per heavy atom. The zero-order chi connectivity index (χ0) is 18.7. The highest BCUT2D eigenvalue weighted by Gasteiger charge is 2.31. The Hall–Kier alpha value is -1.85. The predicted molar refractivity (Wildman–Crippen MR) is 113 cm³/mol. The summed E-state index contributed by atoms with van der Waals surface area (Å²) in [6, 6.07) is 13.8. The van der Waals surface area contributed by atoms with E-state index in [2.05, 4.69) is 20.8 Å². The molecule has 1 fully saturated rings. The van der Waals surface area contributed by atoms with Crippen molar-refractivity contribution >= 4 is 40.3 Å². The van der Waals surface area contributed by atoms with Crippen molar-refractivity contribution in [1.29, 1.82) is 0 Å². The molecule has 2 heterocycles. The second kappa shape index (κ2) is 7.80. The van der Waals surface area contributed by atoms with E-state index in [-0.39, 0.29) is 10.7 Å². The normalized spacial score (nSPS) is 16.7. The van der Waals surface area contributed by atoms with Crippen LogP contribution in [-0.2, 0) is 0 Å². The van der Waals surface area contributed by atoms with E-state index in [9.17, 15) is 4.79 Å². The van der Waals surface area contributed by atoms with Gasteiger partial charge in [-0.15, -0.1) is 0 Å². The molecule has 0 saturated carbocycles. The number of thiocarbonyl (C=S) groups is 1. The molecule has 1 aliphatic rings. The van der Waals surface area contributed by atoms with Gasteiger partial charge < -0.3 is 4.42 Å². The van der Waals surface area contributed by atoms with Crippen molar-refractivity contribution in [3.8, 4) is 11.3 Å². The van der Waals surface area contributed by atoms with Crippen molar-refractivity contribution in [1.82, 2.24) is 4.90 Å². The average molecular weight is 386 g/mol. The van der Waals surface area contributed by atoms with E-state index in [1.165, 1.54) is 11.8 Å². The van der Waals surface area contributed by atoms with Crippen LogP contribution in [-0.4, -0.2) is 21.7 Å². The van der Waals surface area contributed by atoms with Crippen LogP contribution in [0.3, 0.4) is 0 Å². The first-order valence-electron chi connectivity index (χ1n) is 8.74. The van der Waals surface area contributed by atoms with Crippen LogP contribution in [0.5, 0.6) is 0 Å². The second-order valence-corrected chi connectivity index (χ2v) is 8.95. The lowest BCUT2D eigenvalue weighted by atomic mass is 9.90. The van der Waals surface area contributed by atoms with Crippen molar-refractivity contribution in [2.45, 2.75) is 33.6 Å². The number of benzene rings is 1. The fourth-order valence-corrected chi connectivity index (χ4v) is 4.05. The Bertz CT molecular complexity index is 831. The fourth-order valence-electron chi connectivity index (χ4n) is 2.78. The monoisotopic (exact) mass is 385 g/mol. The number of carbonyl (C=O) groups excluding carboxylic acids is 1. The molecule has 1 aromatic carbocycles. The quantitative estimate of drug-likeness (QED) is 0.428. The molecule has 136 valence electrons. The van der Waals surface area contributed by atoms with Gasteiger partial charge in [-0.2, -0.15) is 0 Å². The van der Waals surface area contributed by atoms with E-state index in [1.807, 2.05) is 48.5 Å². The van der Waals surface area contributed by atoms with Crippen LogP contribution in [0.25, 0.3) is 17.4 Å². The Balaban J connectivity index is 1.69. The van der Waals surface area contributed by atoms with Gasteiger partial charge in [-0.05, 0) is 48.2 Å². The van der Waals surface area contributed by atoms with Crippen LogP contribution >= 0.6 is 24.0 Å². The SMILES string of the molecule is CC(C)(C)CCCN1C(=O)SC(=Cc2ccc(-c3ccccc3)o2)C1=S. The highest BCUT2D eigenvalue weighted by atomic mass is 32.2. The Kier molecular flexibility index (Phi) is 5.68. The minimum absolute atomic E-state index is 0.00463. The Labute approximate surface area is 164 Å². The van der Waals surface area contributed by atoms with Gasteiger partial charge in [-0.3, -0.25) is 9.69 Å². The van der Waals surface area contributed by atoms with E-state index < -0.39 is 0 Å². The fraction of sp³-hybridized carbons (Fsp3) is 0.333. The lowest BCUT2D eigenvalue weighted by molar-refractivity contribution is 0.242. The third-order valence-electron chi connectivity index (χ3n) is 4.14. The summed E-state index contributed by atoms with van der Waals surface area (Å²) < 4.78 is 5.90. The Morgan fingerprint density at radius 2 is 1.88 bits per heavy atom. The molecule has 1 saturated heterocycles. The van der Waals surface area contributed by atoms with Crippen molar-refractivity contribution in [2.24, 2.45) is 5.41 Å². The number of hydrogen-bond acceptors (Lipinski definition) is 4. The van der Waals surface area contributed by atoms with Gasteiger partial charge in [0.1, 0.15) is 16.5 Å². The molecule has 0 bridgehead atoms. The molecule has 0 atom stereocenters. The first-order chi connectivity index (χ1) is 12.3. The summed E-state index contributed by atoms with van der Waals surface area (Å²) in [7, 11) is 0. The van der Waals surface area contributed by atoms with Crippen molar-refractivity contribution in [3.63, 3.8) is 0 Å². The van der Waals surface area contributed by atoms with Gasteiger partial charge in [-0.25, -0.2) is 0 Å². The summed E-state index contributed by atoms with van der Waals surface area (Å²) in [5.41, 5.74) is 1.29. The molecular weight excluding hydrogens is 362 g/mol. The van der Waals surface area contributed by atoms with Crippen LogP contribution in [0.1, 0.15) is 39.4 Å². The molecular formula is C21H23NO2S2. The molecule has 3 rings (SSSR count). The molecule has 2 aromatic rings. The summed E-state index contributed by atoms with van der Waals surface area (Å²) in [5, 5.41) is 0.00463. The van der Waals surface area contributed by atoms with E-state index >= 15 is 0 Å². The average Bonchev–Trinajstić information content (AvgIpc) is 3.15. The molecule has 0 unspecified atom stereocenters. The number of amides is 1. The Morgan fingerprint density at radius 1 is 1.15 bits per heavy atom. The highest BCUT2D eigenvalue weighted by molar-refractivity contribution is 8.19. The number of rotatable bonds is 5. The van der Waals surface area contributed by atoms with Crippen LogP contribution in [0.15, 0.2) is 51.8 Å². The lowest BCUT2D eigenvalue weighted by Crippen LogP contribution is -2.28. The summed E-state index contributed by atoms with van der Waals surface area (Å²) in [6.45, 7) is 7.29. The third-order valence-corrected chi connectivity index (χ3v) is 5.64. The van der Waals surface area contributed by atoms with Crippen molar-refractivity contribution in [2.75, 3.05) is 6.54 Å². The number of nitrogens with zero attached hydrogens (tertiary/aromatic N) is 1.